The molecule has 0 spiro atoms. The van der Waals surface area contributed by atoms with Gasteiger partial charge in [-0.25, -0.2) is 5.10 Å². The van der Waals surface area contributed by atoms with Gasteiger partial charge in [-0.3, -0.25) is 28.8 Å². The number of carbonyl (C=O) groups is 6. The number of ketones is 1. The number of aromatic nitrogens is 4. The van der Waals surface area contributed by atoms with Crippen LogP contribution in [0, 0.1) is 23.7 Å². The van der Waals surface area contributed by atoms with E-state index in [4.69, 9.17) is 0 Å². The van der Waals surface area contributed by atoms with Gasteiger partial charge < -0.3 is 26.2 Å². The Kier molecular flexibility index (Phi) is 15.1. The second-order valence-corrected chi connectivity index (χ2v) is 14.4. The Hall–Kier alpha value is -3.91. The Morgan fingerprint density at radius 3 is 2.22 bits per heavy atom. The zero-order valence-electron chi connectivity index (χ0n) is 30.2. The summed E-state index contributed by atoms with van der Waals surface area (Å²) < 4.78 is 0. The number of likely N-dealkylation sites (tertiary alicyclic amines) is 1. The number of aromatic amines is 1. The molecule has 7 atom stereocenters. The van der Waals surface area contributed by atoms with Crippen LogP contribution in [0.4, 0.5) is 0 Å². The van der Waals surface area contributed by atoms with Crippen LogP contribution in [0.1, 0.15) is 112 Å². The summed E-state index contributed by atoms with van der Waals surface area (Å²) in [6, 6.07) is -3.81. The molecule has 3 rings (SSSR count). The number of tetrazole rings is 1. The van der Waals surface area contributed by atoms with Crippen LogP contribution < -0.4 is 21.3 Å². The first-order valence-corrected chi connectivity index (χ1v) is 18.1. The molecule has 0 bridgehead atoms. The lowest BCUT2D eigenvalue weighted by Crippen LogP contribution is -2.60. The smallest absolute Gasteiger partial charge is 0.289 e. The maximum Gasteiger partial charge on any atom is 0.289 e. The zero-order chi connectivity index (χ0) is 36.2. The number of hydrogen-bond donors (Lipinski definition) is 5. The summed E-state index contributed by atoms with van der Waals surface area (Å²) >= 11 is 0. The molecule has 1 unspecified atom stereocenters. The van der Waals surface area contributed by atoms with Gasteiger partial charge in [-0.2, -0.15) is 0 Å². The van der Waals surface area contributed by atoms with Crippen LogP contribution in [-0.4, -0.2) is 97.6 Å². The van der Waals surface area contributed by atoms with Crippen molar-refractivity contribution in [2.75, 3.05) is 6.54 Å². The van der Waals surface area contributed by atoms with Gasteiger partial charge in [0.05, 0.1) is 6.04 Å². The number of aryl methyl sites for hydroxylation is 1. The van der Waals surface area contributed by atoms with Crippen LogP contribution in [0.3, 0.4) is 0 Å². The summed E-state index contributed by atoms with van der Waals surface area (Å²) in [5.41, 5.74) is 0. The minimum atomic E-state index is -1.01. The number of Topliss-reactive ketones (excluding diaryl/α,β-unsaturated/α-hetero) is 1. The van der Waals surface area contributed by atoms with Crippen LogP contribution >= 0.6 is 0 Å². The van der Waals surface area contributed by atoms with Crippen LogP contribution in [0.25, 0.3) is 0 Å². The van der Waals surface area contributed by atoms with Gasteiger partial charge in [-0.05, 0) is 79.5 Å². The first-order valence-electron chi connectivity index (χ1n) is 18.1. The molecule has 0 radical (unpaired) electrons. The SMILES string of the molecule is CCCC(NC(=O)[C@@H]1[C@H]2CCC[C@H]2CN1C(=O)[C@@H](NC(=O)[C@@H](NC(=O)CCCCc1nnn[nH]1)C(C)C)C(C)C)C(=O)C(=O)N[C@H](C)CC. The second-order valence-electron chi connectivity index (χ2n) is 14.4. The first-order chi connectivity index (χ1) is 23.3. The number of nitrogens with zero attached hydrogens (tertiary/aromatic N) is 4. The van der Waals surface area contributed by atoms with E-state index in [1.165, 1.54) is 0 Å². The van der Waals surface area contributed by atoms with Gasteiger partial charge in [0.15, 0.2) is 0 Å². The summed E-state index contributed by atoms with van der Waals surface area (Å²) in [6.07, 6.45) is 6.21. The third-order valence-corrected chi connectivity index (χ3v) is 9.82. The number of carbonyl (C=O) groups excluding carboxylic acids is 6. The lowest BCUT2D eigenvalue weighted by Gasteiger charge is -2.34. The number of rotatable bonds is 19. The van der Waals surface area contributed by atoms with Gasteiger partial charge in [0.25, 0.3) is 5.91 Å². The molecule has 274 valence electrons. The Bertz CT molecular complexity index is 1290. The molecule has 1 aromatic rings. The van der Waals surface area contributed by atoms with E-state index < -0.39 is 47.7 Å². The molecule has 2 fully saturated rings. The van der Waals surface area contributed by atoms with Crippen LogP contribution in [0.15, 0.2) is 0 Å². The molecule has 1 aliphatic carbocycles. The predicted molar refractivity (Wildman–Crippen MR) is 181 cm³/mol. The van der Waals surface area contributed by atoms with Gasteiger partial charge in [0.2, 0.25) is 29.4 Å². The summed E-state index contributed by atoms with van der Waals surface area (Å²) in [6.45, 7) is 13.3. The minimum Gasteiger partial charge on any atom is -0.347 e. The zero-order valence-corrected chi connectivity index (χ0v) is 30.2. The molecule has 1 aliphatic heterocycles. The molecular formula is C34H57N9O6. The van der Waals surface area contributed by atoms with E-state index in [2.05, 4.69) is 41.9 Å². The molecule has 1 saturated carbocycles. The fourth-order valence-electron chi connectivity index (χ4n) is 6.82. The van der Waals surface area contributed by atoms with Crippen LogP contribution in [0.2, 0.25) is 0 Å². The average Bonchev–Trinajstić information content (AvgIpc) is 3.81. The van der Waals surface area contributed by atoms with E-state index >= 15 is 0 Å². The van der Waals surface area contributed by atoms with Crippen molar-refractivity contribution in [3.05, 3.63) is 5.82 Å². The van der Waals surface area contributed by atoms with Crippen molar-refractivity contribution >= 4 is 35.3 Å². The highest BCUT2D eigenvalue weighted by Crippen LogP contribution is 2.42. The third kappa shape index (κ3) is 10.8. The molecule has 5 amide bonds. The van der Waals surface area contributed by atoms with E-state index in [0.29, 0.717) is 50.9 Å². The topological polar surface area (TPSA) is 208 Å². The molecule has 15 heteroatoms. The lowest BCUT2D eigenvalue weighted by molar-refractivity contribution is -0.145. The Balaban J connectivity index is 1.71. The third-order valence-electron chi connectivity index (χ3n) is 9.82. The summed E-state index contributed by atoms with van der Waals surface area (Å²) in [5.74, 6) is -2.87. The van der Waals surface area contributed by atoms with E-state index in [1.54, 1.807) is 4.90 Å². The molecule has 0 aromatic carbocycles. The number of nitrogens with one attached hydrogen (secondary N) is 5. The molecule has 15 nitrogen and oxygen atoms in total. The van der Waals surface area contributed by atoms with Crippen molar-refractivity contribution in [2.24, 2.45) is 23.7 Å². The molecule has 2 aliphatic rings. The Labute approximate surface area is 289 Å². The summed E-state index contributed by atoms with van der Waals surface area (Å²) in [7, 11) is 0. The van der Waals surface area contributed by atoms with E-state index in [9.17, 15) is 28.8 Å². The lowest BCUT2D eigenvalue weighted by atomic mass is 9.92. The summed E-state index contributed by atoms with van der Waals surface area (Å²) in [4.78, 5) is 82.0. The number of unbranched alkanes of at least 4 members (excludes halogenated alkanes) is 1. The van der Waals surface area contributed by atoms with E-state index in [0.717, 1.165) is 19.3 Å². The van der Waals surface area contributed by atoms with Gasteiger partial charge in [0, 0.05) is 25.4 Å². The summed E-state index contributed by atoms with van der Waals surface area (Å²) in [5, 5.41) is 24.9. The maximum absolute atomic E-state index is 14.3. The van der Waals surface area contributed by atoms with Crippen molar-refractivity contribution in [3.8, 4) is 0 Å². The normalized spacial score (nSPS) is 21.1. The standard InChI is InChI=1S/C34H57N9O6/c1-8-13-24(30(45)33(48)35-21(7)9-2)36-32(47)29-23-15-12-14-22(23)18-43(29)34(49)28(20(5)6)38-31(46)27(19(3)4)37-26(44)17-11-10-16-25-39-41-42-40-25/h19-24,27-29H,8-18H2,1-7H3,(H,35,48)(H,36,47)(H,37,44)(H,38,46)(H,39,40,41,42)/t21-,22+,23+,24?,27+,28+,29+/m1/s1. The van der Waals surface area contributed by atoms with E-state index in [1.807, 2.05) is 48.5 Å². The van der Waals surface area contributed by atoms with Gasteiger partial charge in [-0.1, -0.05) is 54.4 Å². The average molecular weight is 688 g/mol. The van der Waals surface area contributed by atoms with Gasteiger partial charge >= 0.3 is 0 Å². The van der Waals surface area contributed by atoms with Gasteiger partial charge in [0.1, 0.15) is 23.9 Å². The highest BCUT2D eigenvalue weighted by molar-refractivity contribution is 6.38. The second kappa shape index (κ2) is 18.7. The fourth-order valence-corrected chi connectivity index (χ4v) is 6.82. The van der Waals surface area contributed by atoms with Crippen LogP contribution in [-0.2, 0) is 35.2 Å². The largest absolute Gasteiger partial charge is 0.347 e. The molecule has 5 N–H and O–H groups in total. The number of fused-ring (bicyclic) bond motifs is 1. The monoisotopic (exact) mass is 687 g/mol. The highest BCUT2D eigenvalue weighted by atomic mass is 16.2. The predicted octanol–water partition coefficient (Wildman–Crippen LogP) is 1.59. The molecule has 2 heterocycles. The molecular weight excluding hydrogens is 630 g/mol. The number of H-pyrrole nitrogens is 1. The number of amides is 5. The van der Waals surface area contributed by atoms with Crippen molar-refractivity contribution < 1.29 is 28.8 Å². The van der Waals surface area contributed by atoms with Crippen molar-refractivity contribution in [1.82, 2.24) is 46.8 Å². The van der Waals surface area contributed by atoms with Crippen molar-refractivity contribution in [2.45, 2.75) is 143 Å². The Morgan fingerprint density at radius 2 is 1.61 bits per heavy atom. The van der Waals surface area contributed by atoms with Crippen LogP contribution in [0.5, 0.6) is 0 Å². The molecule has 1 saturated heterocycles. The van der Waals surface area contributed by atoms with Crippen molar-refractivity contribution in [3.63, 3.8) is 0 Å². The number of hydrogen-bond acceptors (Lipinski definition) is 9. The molecule has 49 heavy (non-hydrogen) atoms. The van der Waals surface area contributed by atoms with Crippen molar-refractivity contribution in [1.29, 1.82) is 0 Å². The maximum atomic E-state index is 14.3. The minimum absolute atomic E-state index is 0.0817. The quantitative estimate of drug-likeness (QED) is 0.106. The first kappa shape index (κ1) is 39.5. The molecule has 1 aromatic heterocycles. The highest BCUT2D eigenvalue weighted by Gasteiger charge is 2.51. The Morgan fingerprint density at radius 1 is 0.898 bits per heavy atom. The fraction of sp³-hybridized carbons (Fsp3) is 0.794. The van der Waals surface area contributed by atoms with E-state index in [-0.39, 0.29) is 47.9 Å². The van der Waals surface area contributed by atoms with Gasteiger partial charge in [-0.15, -0.1) is 5.10 Å².